The molecule has 6 saturated carbocycles. The van der Waals surface area contributed by atoms with Gasteiger partial charge in [-0.2, -0.15) is 0 Å². The molecule has 0 aromatic rings. The minimum atomic E-state index is 0.603. The molecule has 0 amide bonds. The molecule has 4 bridgehead atoms. The van der Waals surface area contributed by atoms with E-state index in [4.69, 9.17) is 0 Å². The molecule has 144 valence electrons. The quantitative estimate of drug-likeness (QED) is 0.698. The van der Waals surface area contributed by atoms with Crippen LogP contribution in [0.5, 0.6) is 0 Å². The first kappa shape index (κ1) is 18.3. The summed E-state index contributed by atoms with van der Waals surface area (Å²) < 4.78 is 0. The zero-order valence-electron chi connectivity index (χ0n) is 17.4. The largest absolute Gasteiger partial charge is 0.315 e. The molecule has 0 aliphatic heterocycles. The van der Waals surface area contributed by atoms with Gasteiger partial charge in [-0.25, -0.2) is 0 Å². The van der Waals surface area contributed by atoms with Crippen molar-refractivity contribution >= 4 is 0 Å². The van der Waals surface area contributed by atoms with Gasteiger partial charge in [0, 0.05) is 12.6 Å². The number of rotatable bonds is 7. The fourth-order valence-corrected chi connectivity index (χ4v) is 7.32. The van der Waals surface area contributed by atoms with E-state index in [0.717, 1.165) is 42.1 Å². The highest BCUT2D eigenvalue weighted by Gasteiger charge is 2.54. The van der Waals surface area contributed by atoms with Crippen molar-refractivity contribution in [2.45, 2.75) is 79.2 Å². The Bertz CT molecular complexity index is 478. The van der Waals surface area contributed by atoms with Gasteiger partial charge in [-0.05, 0) is 105 Å². The molecule has 7 atom stereocenters. The maximum Gasteiger partial charge on any atom is 0.0164 e. The molecule has 6 aliphatic carbocycles. The third kappa shape index (κ3) is 3.10. The number of fused-ring (bicyclic) bond motifs is 4. The van der Waals surface area contributed by atoms with E-state index in [2.05, 4.69) is 45.3 Å². The Morgan fingerprint density at radius 2 is 1.32 bits per heavy atom. The maximum absolute atomic E-state index is 3.86. The lowest BCUT2D eigenvalue weighted by molar-refractivity contribution is -0.104. The monoisotopic (exact) mass is 346 g/mol. The van der Waals surface area contributed by atoms with Crippen LogP contribution >= 0.6 is 0 Å². The Balaban J connectivity index is 1.15. The summed E-state index contributed by atoms with van der Waals surface area (Å²) >= 11 is 0. The second-order valence-electron chi connectivity index (χ2n) is 11.4. The van der Waals surface area contributed by atoms with E-state index in [9.17, 15) is 0 Å². The molecule has 25 heavy (non-hydrogen) atoms. The topological polar surface area (TPSA) is 24.1 Å². The van der Waals surface area contributed by atoms with Crippen molar-refractivity contribution in [3.05, 3.63) is 0 Å². The molecule has 0 heterocycles. The van der Waals surface area contributed by atoms with E-state index in [1.807, 2.05) is 0 Å². The highest BCUT2D eigenvalue weighted by molar-refractivity contribution is 5.04. The molecule has 0 saturated heterocycles. The molecule has 2 N–H and O–H groups in total. The average Bonchev–Trinajstić information content (AvgIpc) is 2.60. The van der Waals surface area contributed by atoms with Crippen molar-refractivity contribution in [2.75, 3.05) is 19.6 Å². The van der Waals surface area contributed by atoms with Gasteiger partial charge in [-0.3, -0.25) is 0 Å². The van der Waals surface area contributed by atoms with E-state index < -0.39 is 0 Å². The molecule has 0 spiro atoms. The summed E-state index contributed by atoms with van der Waals surface area (Å²) in [5, 5.41) is 7.67. The Morgan fingerprint density at radius 3 is 1.80 bits per heavy atom. The van der Waals surface area contributed by atoms with Crippen LogP contribution in [0.3, 0.4) is 0 Å². The number of nitrogens with one attached hydrogen (secondary N) is 2. The van der Waals surface area contributed by atoms with Crippen molar-refractivity contribution in [3.63, 3.8) is 0 Å². The second-order valence-corrected chi connectivity index (χ2v) is 11.4. The summed E-state index contributed by atoms with van der Waals surface area (Å²) in [6, 6.07) is 0.603. The molecule has 2 nitrogen and oxygen atoms in total. The molecule has 0 aromatic heterocycles. The fraction of sp³-hybridized carbons (Fsp3) is 1.00. The molecular weight excluding hydrogens is 304 g/mol. The Morgan fingerprint density at radius 1 is 0.800 bits per heavy atom. The average molecular weight is 347 g/mol. The normalized spacial score (nSPS) is 44.5. The van der Waals surface area contributed by atoms with Gasteiger partial charge in [-0.1, -0.05) is 27.7 Å². The van der Waals surface area contributed by atoms with Crippen molar-refractivity contribution < 1.29 is 0 Å². The van der Waals surface area contributed by atoms with Crippen molar-refractivity contribution in [2.24, 2.45) is 46.3 Å². The summed E-state index contributed by atoms with van der Waals surface area (Å²) in [4.78, 5) is 0. The minimum absolute atomic E-state index is 0.603. The SMILES string of the molecule is CC(CNC[C@@H]1CCC2CC1C2(C)C)NC[C@@H]1CCC2CC1C2(C)C. The third-order valence-corrected chi connectivity index (χ3v) is 9.59. The minimum Gasteiger partial charge on any atom is -0.315 e. The lowest BCUT2D eigenvalue weighted by Crippen LogP contribution is -2.55. The molecular formula is C23H42N2. The summed E-state index contributed by atoms with van der Waals surface area (Å²) in [5.74, 6) is 5.87. The summed E-state index contributed by atoms with van der Waals surface area (Å²) in [7, 11) is 0. The van der Waals surface area contributed by atoms with Gasteiger partial charge >= 0.3 is 0 Å². The Hall–Kier alpha value is -0.0800. The lowest BCUT2D eigenvalue weighted by Gasteiger charge is -2.60. The van der Waals surface area contributed by atoms with E-state index in [1.54, 1.807) is 0 Å². The van der Waals surface area contributed by atoms with Crippen molar-refractivity contribution in [3.8, 4) is 0 Å². The van der Waals surface area contributed by atoms with Gasteiger partial charge in [0.1, 0.15) is 0 Å². The zero-order chi connectivity index (χ0) is 17.8. The second kappa shape index (κ2) is 6.51. The highest BCUT2D eigenvalue weighted by Crippen LogP contribution is 2.62. The van der Waals surface area contributed by atoms with Crippen LogP contribution in [0, 0.1) is 46.3 Å². The van der Waals surface area contributed by atoms with Gasteiger partial charge < -0.3 is 10.6 Å². The third-order valence-electron chi connectivity index (χ3n) is 9.59. The van der Waals surface area contributed by atoms with E-state index in [0.29, 0.717) is 16.9 Å². The molecule has 2 heteroatoms. The summed E-state index contributed by atoms with van der Waals surface area (Å²) in [5.41, 5.74) is 1.25. The Kier molecular flexibility index (Phi) is 4.77. The van der Waals surface area contributed by atoms with Crippen molar-refractivity contribution in [1.82, 2.24) is 10.6 Å². The fourth-order valence-electron chi connectivity index (χ4n) is 7.32. The molecule has 0 radical (unpaired) electrons. The first-order valence-corrected chi connectivity index (χ1v) is 11.2. The van der Waals surface area contributed by atoms with Gasteiger partial charge in [0.05, 0.1) is 0 Å². The van der Waals surface area contributed by atoms with Crippen LogP contribution in [-0.2, 0) is 0 Å². The van der Waals surface area contributed by atoms with Gasteiger partial charge in [0.15, 0.2) is 0 Å². The number of hydrogen-bond acceptors (Lipinski definition) is 2. The van der Waals surface area contributed by atoms with Gasteiger partial charge in [0.2, 0.25) is 0 Å². The van der Waals surface area contributed by atoms with E-state index >= 15 is 0 Å². The molecule has 6 rings (SSSR count). The molecule has 0 aromatic carbocycles. The van der Waals surface area contributed by atoms with Crippen LogP contribution in [-0.4, -0.2) is 25.7 Å². The van der Waals surface area contributed by atoms with Gasteiger partial charge in [-0.15, -0.1) is 0 Å². The highest BCUT2D eigenvalue weighted by atomic mass is 15.0. The maximum atomic E-state index is 3.86. The molecule has 5 unspecified atom stereocenters. The van der Waals surface area contributed by atoms with Crippen LogP contribution in [0.15, 0.2) is 0 Å². The van der Waals surface area contributed by atoms with Crippen LogP contribution < -0.4 is 10.6 Å². The summed E-state index contributed by atoms with van der Waals surface area (Å²) in [6.07, 6.45) is 8.89. The van der Waals surface area contributed by atoms with Gasteiger partial charge in [0.25, 0.3) is 0 Å². The van der Waals surface area contributed by atoms with E-state index in [1.165, 1.54) is 51.6 Å². The number of hydrogen-bond donors (Lipinski definition) is 2. The predicted octanol–water partition coefficient (Wildman–Crippen LogP) is 4.70. The first-order chi connectivity index (χ1) is 11.8. The standard InChI is InChI=1S/C23H42N2/c1-15(25-14-17-7-9-19-11-21(17)23(19,4)5)12-24-13-16-6-8-18-10-20(16)22(18,2)3/h15-21,24-25H,6-14H2,1-5H3/t15?,16-,17-,18?,19?,20?,21?/m0/s1. The zero-order valence-corrected chi connectivity index (χ0v) is 17.4. The van der Waals surface area contributed by atoms with Crippen LogP contribution in [0.2, 0.25) is 0 Å². The van der Waals surface area contributed by atoms with Crippen LogP contribution in [0.25, 0.3) is 0 Å². The predicted molar refractivity (Wildman–Crippen MR) is 107 cm³/mol. The Labute approximate surface area is 156 Å². The lowest BCUT2D eigenvalue weighted by atomic mass is 9.45. The van der Waals surface area contributed by atoms with Crippen molar-refractivity contribution in [1.29, 1.82) is 0 Å². The molecule has 6 fully saturated rings. The van der Waals surface area contributed by atoms with E-state index in [-0.39, 0.29) is 0 Å². The molecule has 6 aliphatic rings. The first-order valence-electron chi connectivity index (χ1n) is 11.2. The van der Waals surface area contributed by atoms with Crippen LogP contribution in [0.4, 0.5) is 0 Å². The van der Waals surface area contributed by atoms with Crippen LogP contribution in [0.1, 0.15) is 73.1 Å². The summed E-state index contributed by atoms with van der Waals surface area (Å²) in [6.45, 7) is 16.0. The smallest absolute Gasteiger partial charge is 0.0164 e.